The summed E-state index contributed by atoms with van der Waals surface area (Å²) in [6.07, 6.45) is 1.07. The maximum absolute atomic E-state index is 12.0. The third-order valence-corrected chi connectivity index (χ3v) is 2.92. The van der Waals surface area contributed by atoms with Gasteiger partial charge in [0.2, 0.25) is 0 Å². The van der Waals surface area contributed by atoms with Crippen LogP contribution in [0.3, 0.4) is 0 Å². The van der Waals surface area contributed by atoms with Crippen molar-refractivity contribution in [2.45, 2.75) is 20.1 Å². The Labute approximate surface area is 125 Å². The van der Waals surface area contributed by atoms with Gasteiger partial charge < -0.3 is 14.8 Å². The predicted molar refractivity (Wildman–Crippen MR) is 76.3 cm³/mol. The van der Waals surface area contributed by atoms with Crippen molar-refractivity contribution in [1.82, 2.24) is 10.3 Å². The number of nitrogens with one attached hydrogen (secondary N) is 1. The summed E-state index contributed by atoms with van der Waals surface area (Å²) >= 11 is 9.12. The molecule has 0 spiro atoms. The highest BCUT2D eigenvalue weighted by molar-refractivity contribution is 9.10. The third-order valence-electron chi connectivity index (χ3n) is 2.18. The van der Waals surface area contributed by atoms with E-state index in [4.69, 9.17) is 21.1 Å². The monoisotopic (exact) mass is 350 g/mol. The van der Waals surface area contributed by atoms with E-state index in [0.29, 0.717) is 23.2 Å². The van der Waals surface area contributed by atoms with E-state index >= 15 is 0 Å². The molecule has 1 N–H and O–H groups in total. The second kappa shape index (κ2) is 8.47. The Balaban J connectivity index is 2.61. The summed E-state index contributed by atoms with van der Waals surface area (Å²) in [5.41, 5.74) is 0.308. The molecule has 1 amide bonds. The molecule has 1 aromatic heterocycles. The number of pyridine rings is 1. The van der Waals surface area contributed by atoms with Crippen LogP contribution in [0.1, 0.15) is 24.2 Å². The Kier molecular flexibility index (Phi) is 7.30. The van der Waals surface area contributed by atoms with Crippen molar-refractivity contribution < 1.29 is 14.3 Å². The summed E-state index contributed by atoms with van der Waals surface area (Å²) in [5, 5.41) is 2.86. The predicted octanol–water partition coefficient (Wildman–Crippen LogP) is 2.63. The minimum Gasteiger partial charge on any atom is -0.351 e. The lowest BCUT2D eigenvalue weighted by Gasteiger charge is -2.17. The highest BCUT2D eigenvalue weighted by atomic mass is 79.9. The lowest BCUT2D eigenvalue weighted by atomic mass is 10.2. The molecule has 1 rings (SSSR count). The Bertz CT molecular complexity index is 425. The zero-order chi connectivity index (χ0) is 14.3. The van der Waals surface area contributed by atoms with Gasteiger partial charge in [-0.1, -0.05) is 11.6 Å². The van der Waals surface area contributed by atoms with E-state index < -0.39 is 6.29 Å². The zero-order valence-electron chi connectivity index (χ0n) is 10.8. The Morgan fingerprint density at radius 2 is 2.11 bits per heavy atom. The molecule has 1 aromatic rings. The average molecular weight is 352 g/mol. The second-order valence-electron chi connectivity index (χ2n) is 3.54. The van der Waals surface area contributed by atoms with Crippen molar-refractivity contribution in [3.63, 3.8) is 0 Å². The lowest BCUT2D eigenvalue weighted by molar-refractivity contribution is -0.131. The second-order valence-corrected chi connectivity index (χ2v) is 4.82. The maximum atomic E-state index is 12.0. The lowest BCUT2D eigenvalue weighted by Crippen LogP contribution is -2.35. The molecule has 0 saturated carbocycles. The van der Waals surface area contributed by atoms with Crippen LogP contribution in [-0.2, 0) is 9.47 Å². The number of nitrogens with zero attached hydrogens (tertiary/aromatic N) is 1. The van der Waals surface area contributed by atoms with Gasteiger partial charge in [0, 0.05) is 23.9 Å². The molecule has 0 aliphatic heterocycles. The minimum absolute atomic E-state index is 0.157. The van der Waals surface area contributed by atoms with Crippen LogP contribution in [0.2, 0.25) is 5.15 Å². The van der Waals surface area contributed by atoms with E-state index in [0.717, 1.165) is 0 Å². The first kappa shape index (κ1) is 16.4. The van der Waals surface area contributed by atoms with Gasteiger partial charge in [0.05, 0.1) is 12.1 Å². The summed E-state index contributed by atoms with van der Waals surface area (Å²) in [7, 11) is 0. The molecule has 0 atom stereocenters. The van der Waals surface area contributed by atoms with Gasteiger partial charge in [0.25, 0.3) is 5.91 Å². The smallest absolute Gasteiger partial charge is 0.254 e. The highest BCUT2D eigenvalue weighted by Crippen LogP contribution is 2.17. The number of aromatic nitrogens is 1. The van der Waals surface area contributed by atoms with E-state index in [9.17, 15) is 4.79 Å². The topological polar surface area (TPSA) is 60.5 Å². The Morgan fingerprint density at radius 3 is 2.68 bits per heavy atom. The summed E-state index contributed by atoms with van der Waals surface area (Å²) < 4.78 is 11.3. The zero-order valence-corrected chi connectivity index (χ0v) is 13.1. The summed E-state index contributed by atoms with van der Waals surface area (Å²) in [6, 6.07) is 1.61. The molecule has 0 saturated heterocycles. The SMILES string of the molecule is CCOC(CNC(=O)c1cc(Br)cnc1Cl)OCC. The molecule has 0 fully saturated rings. The van der Waals surface area contributed by atoms with Crippen molar-refractivity contribution in [1.29, 1.82) is 0 Å². The first-order valence-electron chi connectivity index (χ1n) is 5.90. The van der Waals surface area contributed by atoms with Crippen LogP contribution in [0.15, 0.2) is 16.7 Å². The molecular formula is C12H16BrClN2O3. The third kappa shape index (κ3) is 5.44. The quantitative estimate of drug-likeness (QED) is 0.606. The van der Waals surface area contributed by atoms with Gasteiger partial charge in [-0.2, -0.15) is 0 Å². The van der Waals surface area contributed by atoms with Gasteiger partial charge in [0.15, 0.2) is 6.29 Å². The fourth-order valence-corrected chi connectivity index (χ4v) is 1.91. The molecule has 1 heterocycles. The number of hydrogen-bond acceptors (Lipinski definition) is 4. The van der Waals surface area contributed by atoms with Gasteiger partial charge in [-0.3, -0.25) is 4.79 Å². The molecule has 0 bridgehead atoms. The van der Waals surface area contributed by atoms with Crippen LogP contribution in [0, 0.1) is 0 Å². The number of rotatable bonds is 7. The van der Waals surface area contributed by atoms with Crippen LogP contribution < -0.4 is 5.32 Å². The molecule has 7 heteroatoms. The molecule has 5 nitrogen and oxygen atoms in total. The first-order chi connectivity index (χ1) is 9.08. The van der Waals surface area contributed by atoms with Crippen LogP contribution in [0.5, 0.6) is 0 Å². The van der Waals surface area contributed by atoms with Crippen molar-refractivity contribution in [2.24, 2.45) is 0 Å². The molecule has 0 aromatic carbocycles. The van der Waals surface area contributed by atoms with Crippen molar-refractivity contribution >= 4 is 33.4 Å². The van der Waals surface area contributed by atoms with Crippen LogP contribution >= 0.6 is 27.5 Å². The van der Waals surface area contributed by atoms with Crippen molar-refractivity contribution in [3.8, 4) is 0 Å². The Hall–Kier alpha value is -0.690. The maximum Gasteiger partial charge on any atom is 0.254 e. The minimum atomic E-state index is -0.460. The number of hydrogen-bond donors (Lipinski definition) is 1. The molecule has 0 unspecified atom stereocenters. The number of amides is 1. The highest BCUT2D eigenvalue weighted by Gasteiger charge is 2.14. The van der Waals surface area contributed by atoms with Crippen molar-refractivity contribution in [3.05, 3.63) is 27.5 Å². The van der Waals surface area contributed by atoms with E-state index in [1.807, 2.05) is 13.8 Å². The number of halogens is 2. The van der Waals surface area contributed by atoms with Crippen LogP contribution in [-0.4, -0.2) is 36.9 Å². The van der Waals surface area contributed by atoms with Gasteiger partial charge in [-0.15, -0.1) is 0 Å². The van der Waals surface area contributed by atoms with E-state index in [-0.39, 0.29) is 17.6 Å². The van der Waals surface area contributed by atoms with Gasteiger partial charge in [0.1, 0.15) is 5.15 Å². The normalized spacial score (nSPS) is 10.8. The summed E-state index contributed by atoms with van der Waals surface area (Å²) in [6.45, 7) is 5.01. The van der Waals surface area contributed by atoms with Gasteiger partial charge in [-0.05, 0) is 35.8 Å². The molecular weight excluding hydrogens is 336 g/mol. The number of carbonyl (C=O) groups is 1. The van der Waals surface area contributed by atoms with Crippen LogP contribution in [0.4, 0.5) is 0 Å². The summed E-state index contributed by atoms with van der Waals surface area (Å²) in [5.74, 6) is -0.316. The Morgan fingerprint density at radius 1 is 1.47 bits per heavy atom. The standard InChI is InChI=1S/C12H16BrClN2O3/c1-3-18-10(19-4-2)7-16-12(17)9-5-8(13)6-15-11(9)14/h5-6,10H,3-4,7H2,1-2H3,(H,16,17). The summed E-state index contributed by atoms with van der Waals surface area (Å²) in [4.78, 5) is 15.9. The molecule has 106 valence electrons. The molecule has 19 heavy (non-hydrogen) atoms. The first-order valence-corrected chi connectivity index (χ1v) is 7.08. The van der Waals surface area contributed by atoms with E-state index in [1.165, 1.54) is 6.20 Å². The van der Waals surface area contributed by atoms with E-state index in [2.05, 4.69) is 26.2 Å². The van der Waals surface area contributed by atoms with E-state index in [1.54, 1.807) is 6.07 Å². The average Bonchev–Trinajstić information content (AvgIpc) is 2.39. The fourth-order valence-electron chi connectivity index (χ4n) is 1.39. The van der Waals surface area contributed by atoms with Gasteiger partial charge >= 0.3 is 0 Å². The van der Waals surface area contributed by atoms with Crippen LogP contribution in [0.25, 0.3) is 0 Å². The fraction of sp³-hybridized carbons (Fsp3) is 0.500. The molecule has 0 aliphatic rings. The number of carbonyl (C=O) groups excluding carboxylic acids is 1. The van der Waals surface area contributed by atoms with Crippen molar-refractivity contribution in [2.75, 3.05) is 19.8 Å². The molecule has 0 radical (unpaired) electrons. The largest absolute Gasteiger partial charge is 0.351 e. The number of ether oxygens (including phenoxy) is 2. The molecule has 0 aliphatic carbocycles. The van der Waals surface area contributed by atoms with Gasteiger partial charge in [-0.25, -0.2) is 4.98 Å².